The van der Waals surface area contributed by atoms with Crippen molar-refractivity contribution in [1.29, 1.82) is 0 Å². The standard InChI is InChI=1S/C15H28N2O/c1-17(11-14-3-2-10-18-14)9-8-16-15(12-4-5-12)13-6-7-13/h12-16H,2-11H2,1H3. The lowest BCUT2D eigenvalue weighted by Gasteiger charge is -2.23. The van der Waals surface area contributed by atoms with Crippen molar-refractivity contribution in [3.63, 3.8) is 0 Å². The molecule has 0 radical (unpaired) electrons. The van der Waals surface area contributed by atoms with E-state index in [9.17, 15) is 0 Å². The molecule has 1 aliphatic heterocycles. The van der Waals surface area contributed by atoms with Gasteiger partial charge in [0.1, 0.15) is 0 Å². The summed E-state index contributed by atoms with van der Waals surface area (Å²) in [5.41, 5.74) is 0. The van der Waals surface area contributed by atoms with Crippen LogP contribution in [0, 0.1) is 11.8 Å². The van der Waals surface area contributed by atoms with E-state index in [0.29, 0.717) is 6.10 Å². The van der Waals surface area contributed by atoms with Gasteiger partial charge in [0.15, 0.2) is 0 Å². The van der Waals surface area contributed by atoms with Crippen molar-refractivity contribution in [2.75, 3.05) is 33.3 Å². The van der Waals surface area contributed by atoms with Gasteiger partial charge in [-0.15, -0.1) is 0 Å². The fourth-order valence-corrected chi connectivity index (χ4v) is 3.28. The zero-order valence-corrected chi connectivity index (χ0v) is 11.7. The van der Waals surface area contributed by atoms with Gasteiger partial charge < -0.3 is 15.0 Å². The van der Waals surface area contributed by atoms with E-state index in [4.69, 9.17) is 4.74 Å². The maximum atomic E-state index is 5.69. The summed E-state index contributed by atoms with van der Waals surface area (Å²) in [6.45, 7) is 4.40. The van der Waals surface area contributed by atoms with E-state index in [1.807, 2.05) is 0 Å². The van der Waals surface area contributed by atoms with Gasteiger partial charge in [-0.25, -0.2) is 0 Å². The molecule has 1 N–H and O–H groups in total. The highest BCUT2D eigenvalue weighted by atomic mass is 16.5. The summed E-state index contributed by atoms with van der Waals surface area (Å²) in [4.78, 5) is 2.43. The number of hydrogen-bond acceptors (Lipinski definition) is 3. The second kappa shape index (κ2) is 5.89. The Morgan fingerprint density at radius 2 is 1.89 bits per heavy atom. The number of ether oxygens (including phenoxy) is 1. The molecule has 104 valence electrons. The second-order valence-corrected chi connectivity index (χ2v) is 6.55. The quantitative estimate of drug-likeness (QED) is 0.714. The highest BCUT2D eigenvalue weighted by Gasteiger charge is 2.40. The van der Waals surface area contributed by atoms with Crippen LogP contribution in [-0.2, 0) is 4.74 Å². The van der Waals surface area contributed by atoms with Crippen molar-refractivity contribution in [2.45, 2.75) is 50.7 Å². The van der Waals surface area contributed by atoms with Crippen LogP contribution in [0.4, 0.5) is 0 Å². The minimum atomic E-state index is 0.498. The van der Waals surface area contributed by atoms with Gasteiger partial charge in [0.05, 0.1) is 6.10 Å². The zero-order chi connectivity index (χ0) is 12.4. The summed E-state index contributed by atoms with van der Waals surface area (Å²) in [6, 6.07) is 0.848. The Morgan fingerprint density at radius 1 is 1.17 bits per heavy atom. The fourth-order valence-electron chi connectivity index (χ4n) is 3.28. The van der Waals surface area contributed by atoms with E-state index in [-0.39, 0.29) is 0 Å². The van der Waals surface area contributed by atoms with Gasteiger partial charge in [0.2, 0.25) is 0 Å². The van der Waals surface area contributed by atoms with Crippen molar-refractivity contribution in [3.05, 3.63) is 0 Å². The Balaban J connectivity index is 1.30. The summed E-state index contributed by atoms with van der Waals surface area (Å²) in [6.07, 6.45) is 8.89. The van der Waals surface area contributed by atoms with Crippen LogP contribution in [0.1, 0.15) is 38.5 Å². The predicted octanol–water partition coefficient (Wildman–Crippen LogP) is 1.88. The summed E-state index contributed by atoms with van der Waals surface area (Å²) >= 11 is 0. The third kappa shape index (κ3) is 3.69. The van der Waals surface area contributed by atoms with Crippen LogP contribution < -0.4 is 5.32 Å². The van der Waals surface area contributed by atoms with E-state index in [1.165, 1.54) is 38.5 Å². The number of hydrogen-bond donors (Lipinski definition) is 1. The SMILES string of the molecule is CN(CCNC(C1CC1)C1CC1)CC1CCCO1. The largest absolute Gasteiger partial charge is 0.377 e. The molecule has 0 aromatic rings. The molecular weight excluding hydrogens is 224 g/mol. The molecule has 0 aromatic heterocycles. The number of likely N-dealkylation sites (N-methyl/N-ethyl adjacent to an activating group) is 1. The highest BCUT2D eigenvalue weighted by molar-refractivity contribution is 4.96. The third-order valence-electron chi connectivity index (χ3n) is 4.67. The predicted molar refractivity (Wildman–Crippen MR) is 73.7 cm³/mol. The number of nitrogens with zero attached hydrogens (tertiary/aromatic N) is 1. The zero-order valence-electron chi connectivity index (χ0n) is 11.7. The van der Waals surface area contributed by atoms with Crippen LogP contribution in [0.25, 0.3) is 0 Å². The monoisotopic (exact) mass is 252 g/mol. The molecule has 0 amide bonds. The highest BCUT2D eigenvalue weighted by Crippen LogP contribution is 2.44. The maximum Gasteiger partial charge on any atom is 0.0702 e. The maximum absolute atomic E-state index is 5.69. The normalized spacial score (nSPS) is 28.5. The molecule has 0 aromatic carbocycles. The fraction of sp³-hybridized carbons (Fsp3) is 1.00. The first-order valence-electron chi connectivity index (χ1n) is 7.86. The smallest absolute Gasteiger partial charge is 0.0702 e. The number of rotatable bonds is 8. The van der Waals surface area contributed by atoms with Crippen LogP contribution in [0.3, 0.4) is 0 Å². The van der Waals surface area contributed by atoms with Gasteiger partial charge in [-0.3, -0.25) is 0 Å². The molecule has 1 atom stereocenters. The minimum absolute atomic E-state index is 0.498. The molecule has 3 fully saturated rings. The minimum Gasteiger partial charge on any atom is -0.377 e. The Kier molecular flexibility index (Phi) is 4.22. The van der Waals surface area contributed by atoms with Gasteiger partial charge in [0, 0.05) is 32.3 Å². The molecule has 2 aliphatic carbocycles. The van der Waals surface area contributed by atoms with Crippen molar-refractivity contribution in [1.82, 2.24) is 10.2 Å². The molecule has 1 saturated heterocycles. The topological polar surface area (TPSA) is 24.5 Å². The molecule has 0 spiro atoms. The first-order valence-corrected chi connectivity index (χ1v) is 7.86. The van der Waals surface area contributed by atoms with Crippen LogP contribution in [0.2, 0.25) is 0 Å². The van der Waals surface area contributed by atoms with Crippen LogP contribution in [0.15, 0.2) is 0 Å². The molecule has 18 heavy (non-hydrogen) atoms. The van der Waals surface area contributed by atoms with Crippen molar-refractivity contribution in [3.8, 4) is 0 Å². The molecule has 1 heterocycles. The van der Waals surface area contributed by atoms with Crippen LogP contribution in [-0.4, -0.2) is 50.3 Å². The molecule has 3 aliphatic rings. The van der Waals surface area contributed by atoms with E-state index in [2.05, 4.69) is 17.3 Å². The first kappa shape index (κ1) is 12.9. The lowest BCUT2D eigenvalue weighted by molar-refractivity contribution is 0.0811. The average Bonchev–Trinajstić information content (AvgIpc) is 3.27. The Bertz CT molecular complexity index is 245. The van der Waals surface area contributed by atoms with Crippen LogP contribution >= 0.6 is 0 Å². The van der Waals surface area contributed by atoms with Gasteiger partial charge in [0.25, 0.3) is 0 Å². The Labute approximate surface area is 111 Å². The molecule has 3 rings (SSSR count). The van der Waals surface area contributed by atoms with Gasteiger partial charge in [-0.1, -0.05) is 0 Å². The average molecular weight is 252 g/mol. The Hall–Kier alpha value is -0.120. The number of nitrogens with one attached hydrogen (secondary N) is 1. The van der Waals surface area contributed by atoms with E-state index < -0.39 is 0 Å². The molecule has 0 bridgehead atoms. The van der Waals surface area contributed by atoms with E-state index >= 15 is 0 Å². The van der Waals surface area contributed by atoms with Gasteiger partial charge >= 0.3 is 0 Å². The van der Waals surface area contributed by atoms with Crippen molar-refractivity contribution >= 4 is 0 Å². The summed E-state index contributed by atoms with van der Waals surface area (Å²) in [5, 5.41) is 3.82. The second-order valence-electron chi connectivity index (χ2n) is 6.55. The van der Waals surface area contributed by atoms with Crippen LogP contribution in [0.5, 0.6) is 0 Å². The van der Waals surface area contributed by atoms with E-state index in [0.717, 1.165) is 44.1 Å². The lowest BCUT2D eigenvalue weighted by atomic mass is 10.1. The molecule has 1 unspecified atom stereocenters. The summed E-state index contributed by atoms with van der Waals surface area (Å²) in [5.74, 6) is 2.03. The lowest BCUT2D eigenvalue weighted by Crippen LogP contribution is -2.40. The molecular formula is C15H28N2O. The molecule has 2 saturated carbocycles. The summed E-state index contributed by atoms with van der Waals surface area (Å²) < 4.78 is 5.69. The van der Waals surface area contributed by atoms with Crippen molar-refractivity contribution in [2.24, 2.45) is 11.8 Å². The van der Waals surface area contributed by atoms with Crippen molar-refractivity contribution < 1.29 is 4.74 Å². The molecule has 3 heteroatoms. The molecule has 3 nitrogen and oxygen atoms in total. The Morgan fingerprint density at radius 3 is 2.44 bits per heavy atom. The van der Waals surface area contributed by atoms with E-state index in [1.54, 1.807) is 0 Å². The van der Waals surface area contributed by atoms with Gasteiger partial charge in [-0.05, 0) is 57.4 Å². The first-order chi connectivity index (χ1) is 8.83. The third-order valence-corrected chi connectivity index (χ3v) is 4.67. The summed E-state index contributed by atoms with van der Waals surface area (Å²) in [7, 11) is 2.23. The van der Waals surface area contributed by atoms with Gasteiger partial charge in [-0.2, -0.15) is 0 Å².